The van der Waals surface area contributed by atoms with Crippen molar-refractivity contribution in [2.75, 3.05) is 11.6 Å². The van der Waals surface area contributed by atoms with Gasteiger partial charge in [-0.1, -0.05) is 36.4 Å². The van der Waals surface area contributed by atoms with E-state index in [0.717, 1.165) is 27.5 Å². The maximum atomic E-state index is 11.4. The predicted molar refractivity (Wildman–Crippen MR) is 99.5 cm³/mol. The van der Waals surface area contributed by atoms with Gasteiger partial charge in [0, 0.05) is 47.2 Å². The van der Waals surface area contributed by atoms with Crippen LogP contribution in [0.25, 0.3) is 11.3 Å². The van der Waals surface area contributed by atoms with Crippen LogP contribution in [0, 0.1) is 6.92 Å². The molecule has 1 N–H and O–H groups in total. The van der Waals surface area contributed by atoms with Gasteiger partial charge in [0.05, 0.1) is 5.69 Å². The third kappa shape index (κ3) is 3.57. The van der Waals surface area contributed by atoms with Gasteiger partial charge < -0.3 is 5.32 Å². The summed E-state index contributed by atoms with van der Waals surface area (Å²) in [5.74, 6) is 0.969. The number of benzene rings is 2. The summed E-state index contributed by atoms with van der Waals surface area (Å²) in [5.41, 5.74) is 4.47. The summed E-state index contributed by atoms with van der Waals surface area (Å²) >= 11 is 0. The van der Waals surface area contributed by atoms with Gasteiger partial charge in [-0.25, -0.2) is 0 Å². The molecule has 1 heterocycles. The molecule has 5 heteroatoms. The van der Waals surface area contributed by atoms with Crippen LogP contribution in [0.3, 0.4) is 0 Å². The molecule has 1 atom stereocenters. The average Bonchev–Trinajstić information content (AvgIpc) is 2.94. The Balaban J connectivity index is 1.74. The van der Waals surface area contributed by atoms with Crippen LogP contribution in [0.5, 0.6) is 0 Å². The predicted octanol–water partition coefficient (Wildman–Crippen LogP) is 3.75. The maximum absolute atomic E-state index is 11.4. The third-order valence-corrected chi connectivity index (χ3v) is 4.97. The highest BCUT2D eigenvalue weighted by atomic mass is 32.2. The second-order valence-electron chi connectivity index (χ2n) is 5.80. The van der Waals surface area contributed by atoms with Gasteiger partial charge in [-0.3, -0.25) is 8.89 Å². The summed E-state index contributed by atoms with van der Waals surface area (Å²) in [7, 11) is 1.00. The lowest BCUT2D eigenvalue weighted by atomic mass is 10.1. The minimum Gasteiger partial charge on any atom is -0.366 e. The van der Waals surface area contributed by atoms with E-state index in [1.807, 2.05) is 48.1 Å². The second-order valence-corrected chi connectivity index (χ2v) is 7.18. The maximum Gasteiger partial charge on any atom is 0.124 e. The molecule has 2 aromatic carbocycles. The van der Waals surface area contributed by atoms with Gasteiger partial charge in [-0.2, -0.15) is 5.10 Å². The SMILES string of the molecule is Cc1ccccc1-c1cc(NCc2ccc([S@@](C)=O)cc2)n(C)n1. The standard InChI is InChI=1S/C19H21N3OS/c1-14-6-4-5-7-17(14)18-12-19(22(2)21-18)20-13-15-8-10-16(11-9-15)24(3)23/h4-12,20H,13H2,1-3H3/t24-/m1/s1. The van der Waals surface area contributed by atoms with Crippen molar-refractivity contribution >= 4 is 16.6 Å². The number of hydrogen-bond acceptors (Lipinski definition) is 3. The fraction of sp³-hybridized carbons (Fsp3) is 0.211. The summed E-state index contributed by atoms with van der Waals surface area (Å²) in [6.45, 7) is 2.79. The molecule has 4 nitrogen and oxygen atoms in total. The summed E-state index contributed by atoms with van der Waals surface area (Å²) in [6.07, 6.45) is 1.69. The molecule has 0 amide bonds. The molecule has 1 aromatic heterocycles. The Morgan fingerprint density at radius 1 is 1.12 bits per heavy atom. The van der Waals surface area contributed by atoms with Gasteiger partial charge >= 0.3 is 0 Å². The first-order valence-electron chi connectivity index (χ1n) is 7.81. The third-order valence-electron chi connectivity index (χ3n) is 4.03. The number of nitrogens with one attached hydrogen (secondary N) is 1. The fourth-order valence-electron chi connectivity index (χ4n) is 2.62. The number of aryl methyl sites for hydroxylation is 2. The van der Waals surface area contributed by atoms with Crippen molar-refractivity contribution in [1.29, 1.82) is 0 Å². The van der Waals surface area contributed by atoms with Crippen LogP contribution in [0.4, 0.5) is 5.82 Å². The van der Waals surface area contributed by atoms with Crippen LogP contribution in [0.2, 0.25) is 0 Å². The highest BCUT2D eigenvalue weighted by molar-refractivity contribution is 7.84. The van der Waals surface area contributed by atoms with E-state index in [-0.39, 0.29) is 0 Å². The lowest BCUT2D eigenvalue weighted by molar-refractivity contribution is 0.687. The minimum absolute atomic E-state index is 0.698. The average molecular weight is 339 g/mol. The molecule has 3 rings (SSSR count). The van der Waals surface area contributed by atoms with Crippen LogP contribution in [0.15, 0.2) is 59.5 Å². The van der Waals surface area contributed by atoms with Gasteiger partial charge in [-0.15, -0.1) is 0 Å². The molecule has 0 bridgehead atoms. The topological polar surface area (TPSA) is 46.9 Å². The normalized spacial score (nSPS) is 12.1. The smallest absolute Gasteiger partial charge is 0.124 e. The quantitative estimate of drug-likeness (QED) is 0.770. The Bertz CT molecular complexity index is 869. The molecular formula is C19H21N3OS. The van der Waals surface area contributed by atoms with Gasteiger partial charge in [-0.05, 0) is 30.2 Å². The van der Waals surface area contributed by atoms with Crippen LogP contribution in [-0.2, 0) is 24.4 Å². The van der Waals surface area contributed by atoms with Crippen molar-refractivity contribution in [3.05, 3.63) is 65.7 Å². The minimum atomic E-state index is -0.935. The molecule has 0 radical (unpaired) electrons. The first kappa shape index (κ1) is 16.5. The molecule has 124 valence electrons. The zero-order valence-corrected chi connectivity index (χ0v) is 14.9. The number of nitrogens with zero attached hydrogens (tertiary/aromatic N) is 2. The molecular weight excluding hydrogens is 318 g/mol. The van der Waals surface area contributed by atoms with E-state index in [1.165, 1.54) is 5.56 Å². The molecule has 0 aliphatic heterocycles. The second kappa shape index (κ2) is 7.01. The molecule has 0 unspecified atom stereocenters. The van der Waals surface area contributed by atoms with E-state index in [0.29, 0.717) is 6.54 Å². The highest BCUT2D eigenvalue weighted by Gasteiger charge is 2.09. The zero-order valence-electron chi connectivity index (χ0n) is 14.1. The molecule has 0 fully saturated rings. The first-order valence-corrected chi connectivity index (χ1v) is 9.36. The Kier molecular flexibility index (Phi) is 4.81. The molecule has 0 aliphatic carbocycles. The summed E-state index contributed by atoms with van der Waals surface area (Å²) < 4.78 is 13.3. The largest absolute Gasteiger partial charge is 0.366 e. The summed E-state index contributed by atoms with van der Waals surface area (Å²) in [5, 5.41) is 8.02. The lowest BCUT2D eigenvalue weighted by Crippen LogP contribution is -2.04. The summed E-state index contributed by atoms with van der Waals surface area (Å²) in [4.78, 5) is 0.848. The number of rotatable bonds is 5. The van der Waals surface area contributed by atoms with E-state index in [2.05, 4.69) is 35.5 Å². The molecule has 0 aliphatic rings. The number of hydrogen-bond donors (Lipinski definition) is 1. The van der Waals surface area contributed by atoms with Crippen molar-refractivity contribution < 1.29 is 4.21 Å². The van der Waals surface area contributed by atoms with E-state index in [4.69, 9.17) is 0 Å². The highest BCUT2D eigenvalue weighted by Crippen LogP contribution is 2.24. The van der Waals surface area contributed by atoms with Crippen LogP contribution in [0.1, 0.15) is 11.1 Å². The number of anilines is 1. The molecule has 0 saturated heterocycles. The van der Waals surface area contributed by atoms with Gasteiger partial charge in [0.15, 0.2) is 0 Å². The zero-order chi connectivity index (χ0) is 17.1. The number of aromatic nitrogens is 2. The van der Waals surface area contributed by atoms with E-state index in [1.54, 1.807) is 6.26 Å². The van der Waals surface area contributed by atoms with Crippen LogP contribution < -0.4 is 5.32 Å². The molecule has 3 aromatic rings. The Hall–Kier alpha value is -2.40. The van der Waals surface area contributed by atoms with Crippen LogP contribution in [-0.4, -0.2) is 20.2 Å². The molecule has 0 spiro atoms. The first-order chi connectivity index (χ1) is 11.5. The molecule has 24 heavy (non-hydrogen) atoms. The Labute approximate surface area is 145 Å². The van der Waals surface area contributed by atoms with Gasteiger partial charge in [0.2, 0.25) is 0 Å². The fourth-order valence-corrected chi connectivity index (χ4v) is 3.14. The van der Waals surface area contributed by atoms with Crippen molar-refractivity contribution in [1.82, 2.24) is 9.78 Å². The Morgan fingerprint density at radius 3 is 2.50 bits per heavy atom. The van der Waals surface area contributed by atoms with E-state index in [9.17, 15) is 4.21 Å². The monoisotopic (exact) mass is 339 g/mol. The van der Waals surface area contributed by atoms with Crippen molar-refractivity contribution in [3.8, 4) is 11.3 Å². The van der Waals surface area contributed by atoms with Gasteiger partial charge in [0.1, 0.15) is 5.82 Å². The van der Waals surface area contributed by atoms with Crippen molar-refractivity contribution in [2.24, 2.45) is 7.05 Å². The van der Waals surface area contributed by atoms with Crippen LogP contribution >= 0.6 is 0 Å². The Morgan fingerprint density at radius 2 is 1.83 bits per heavy atom. The van der Waals surface area contributed by atoms with E-state index < -0.39 is 10.8 Å². The van der Waals surface area contributed by atoms with E-state index >= 15 is 0 Å². The summed E-state index contributed by atoms with van der Waals surface area (Å²) in [6, 6.07) is 18.1. The van der Waals surface area contributed by atoms with Crippen molar-refractivity contribution in [2.45, 2.75) is 18.4 Å². The molecule has 0 saturated carbocycles. The lowest BCUT2D eigenvalue weighted by Gasteiger charge is -2.06. The van der Waals surface area contributed by atoms with Gasteiger partial charge in [0.25, 0.3) is 0 Å². The van der Waals surface area contributed by atoms with Crippen molar-refractivity contribution in [3.63, 3.8) is 0 Å².